The number of benzene rings is 1. The molecule has 3 nitrogen and oxygen atoms in total. The summed E-state index contributed by atoms with van der Waals surface area (Å²) in [6.45, 7) is 0.658. The van der Waals surface area contributed by atoms with Crippen LogP contribution in [0.25, 0.3) is 0 Å². The number of amides is 1. The molecule has 1 aromatic heterocycles. The highest BCUT2D eigenvalue weighted by Gasteiger charge is 2.34. The van der Waals surface area contributed by atoms with E-state index in [4.69, 9.17) is 0 Å². The van der Waals surface area contributed by atoms with Gasteiger partial charge < -0.3 is 9.47 Å². The molecule has 1 fully saturated rings. The average molecular weight is 412 g/mol. The topological polar surface area (TPSA) is 25.2 Å². The second kappa shape index (κ2) is 5.97. The molecule has 1 amide bonds. The Morgan fingerprint density at radius 3 is 2.62 bits per heavy atom. The highest BCUT2D eigenvalue weighted by molar-refractivity contribution is 9.10. The zero-order valence-corrected chi connectivity index (χ0v) is 14.9. The van der Waals surface area contributed by atoms with Crippen molar-refractivity contribution in [1.82, 2.24) is 9.47 Å². The van der Waals surface area contributed by atoms with Crippen molar-refractivity contribution in [3.63, 3.8) is 0 Å². The summed E-state index contributed by atoms with van der Waals surface area (Å²) in [5.74, 6) is 0.102. The standard InChI is InChI=1S/C16H16Br2N2O/c1-19-10-13(18)8-15(19)16(21)20(14-5-6-14)9-11-3-2-4-12(17)7-11/h2-4,7-8,10,14H,5-6,9H2,1H3. The summed E-state index contributed by atoms with van der Waals surface area (Å²) in [4.78, 5) is 14.8. The Hall–Kier alpha value is -1.07. The van der Waals surface area contributed by atoms with Crippen LogP contribution in [0.2, 0.25) is 0 Å². The van der Waals surface area contributed by atoms with E-state index in [1.807, 2.05) is 40.9 Å². The van der Waals surface area contributed by atoms with Crippen molar-refractivity contribution in [2.45, 2.75) is 25.4 Å². The lowest BCUT2D eigenvalue weighted by Crippen LogP contribution is -2.33. The van der Waals surface area contributed by atoms with Gasteiger partial charge in [0.05, 0.1) is 0 Å². The van der Waals surface area contributed by atoms with E-state index in [0.717, 1.165) is 33.0 Å². The smallest absolute Gasteiger partial charge is 0.271 e. The second-order valence-electron chi connectivity index (χ2n) is 5.45. The normalized spacial score (nSPS) is 14.2. The molecule has 0 bridgehead atoms. The highest BCUT2D eigenvalue weighted by Crippen LogP contribution is 2.30. The number of hydrogen-bond donors (Lipinski definition) is 0. The van der Waals surface area contributed by atoms with Gasteiger partial charge in [0.1, 0.15) is 5.69 Å². The van der Waals surface area contributed by atoms with E-state index in [9.17, 15) is 4.79 Å². The monoisotopic (exact) mass is 410 g/mol. The quantitative estimate of drug-likeness (QED) is 0.733. The van der Waals surface area contributed by atoms with Gasteiger partial charge in [0.15, 0.2) is 0 Å². The fourth-order valence-corrected chi connectivity index (χ4v) is 3.44. The number of aromatic nitrogens is 1. The minimum absolute atomic E-state index is 0.102. The molecule has 0 atom stereocenters. The van der Waals surface area contributed by atoms with Crippen LogP contribution in [0.5, 0.6) is 0 Å². The fraction of sp³-hybridized carbons (Fsp3) is 0.312. The maximum atomic E-state index is 12.8. The van der Waals surface area contributed by atoms with Crippen LogP contribution in [-0.2, 0) is 13.6 Å². The molecule has 1 aliphatic rings. The molecule has 1 aliphatic carbocycles. The van der Waals surface area contributed by atoms with Crippen molar-refractivity contribution >= 4 is 37.8 Å². The first-order valence-corrected chi connectivity index (χ1v) is 8.50. The molecule has 0 spiro atoms. The number of carbonyl (C=O) groups is 1. The van der Waals surface area contributed by atoms with Gasteiger partial charge in [-0.1, -0.05) is 28.1 Å². The van der Waals surface area contributed by atoms with Gasteiger partial charge in [-0.05, 0) is 52.5 Å². The van der Waals surface area contributed by atoms with Crippen LogP contribution in [0.1, 0.15) is 28.9 Å². The predicted molar refractivity (Wildman–Crippen MR) is 90.2 cm³/mol. The third kappa shape index (κ3) is 3.40. The number of aryl methyl sites for hydroxylation is 1. The van der Waals surface area contributed by atoms with E-state index >= 15 is 0 Å². The van der Waals surface area contributed by atoms with Crippen molar-refractivity contribution in [3.05, 3.63) is 56.7 Å². The lowest BCUT2D eigenvalue weighted by molar-refractivity contribution is 0.0720. The van der Waals surface area contributed by atoms with Crippen LogP contribution in [0, 0.1) is 0 Å². The summed E-state index contributed by atoms with van der Waals surface area (Å²) in [6, 6.07) is 10.4. The predicted octanol–water partition coefficient (Wildman–Crippen LogP) is 4.35. The molecular formula is C16H16Br2N2O. The van der Waals surface area contributed by atoms with E-state index in [1.165, 1.54) is 0 Å². The third-order valence-corrected chi connectivity index (χ3v) is 4.61. The largest absolute Gasteiger partial charge is 0.345 e. The van der Waals surface area contributed by atoms with Crippen molar-refractivity contribution in [2.75, 3.05) is 0 Å². The van der Waals surface area contributed by atoms with Crippen LogP contribution < -0.4 is 0 Å². The van der Waals surface area contributed by atoms with Crippen molar-refractivity contribution in [1.29, 1.82) is 0 Å². The minimum atomic E-state index is 0.102. The summed E-state index contributed by atoms with van der Waals surface area (Å²) in [7, 11) is 1.90. The molecule has 1 aromatic carbocycles. The van der Waals surface area contributed by atoms with Gasteiger partial charge in [-0.3, -0.25) is 4.79 Å². The highest BCUT2D eigenvalue weighted by atomic mass is 79.9. The molecule has 21 heavy (non-hydrogen) atoms. The average Bonchev–Trinajstić information content (AvgIpc) is 3.21. The number of rotatable bonds is 4. The Morgan fingerprint density at radius 1 is 1.29 bits per heavy atom. The van der Waals surface area contributed by atoms with Crippen molar-refractivity contribution < 1.29 is 4.79 Å². The molecule has 110 valence electrons. The molecule has 0 saturated heterocycles. The Labute approximate surface area is 141 Å². The first kappa shape index (κ1) is 14.9. The van der Waals surface area contributed by atoms with Gasteiger partial charge in [0.2, 0.25) is 0 Å². The first-order chi connectivity index (χ1) is 10.0. The molecule has 5 heteroatoms. The van der Waals surface area contributed by atoms with Gasteiger partial charge in [-0.15, -0.1) is 0 Å². The summed E-state index contributed by atoms with van der Waals surface area (Å²) in [5, 5.41) is 0. The lowest BCUT2D eigenvalue weighted by atomic mass is 10.2. The molecular weight excluding hydrogens is 396 g/mol. The van der Waals surface area contributed by atoms with E-state index in [2.05, 4.69) is 44.0 Å². The summed E-state index contributed by atoms with van der Waals surface area (Å²) >= 11 is 6.92. The Morgan fingerprint density at radius 2 is 2.05 bits per heavy atom. The van der Waals surface area contributed by atoms with Crippen LogP contribution in [-0.4, -0.2) is 21.4 Å². The maximum absolute atomic E-state index is 12.8. The van der Waals surface area contributed by atoms with Gasteiger partial charge in [-0.25, -0.2) is 0 Å². The first-order valence-electron chi connectivity index (χ1n) is 6.92. The lowest BCUT2D eigenvalue weighted by Gasteiger charge is -2.23. The fourth-order valence-electron chi connectivity index (χ4n) is 2.47. The molecule has 1 heterocycles. The SMILES string of the molecule is Cn1cc(Br)cc1C(=O)N(Cc1cccc(Br)c1)C1CC1. The number of halogens is 2. The Kier molecular flexibility index (Phi) is 4.22. The van der Waals surface area contributed by atoms with E-state index in [0.29, 0.717) is 12.6 Å². The third-order valence-electron chi connectivity index (χ3n) is 3.68. The van der Waals surface area contributed by atoms with Crippen LogP contribution in [0.4, 0.5) is 0 Å². The van der Waals surface area contributed by atoms with Gasteiger partial charge in [0.25, 0.3) is 5.91 Å². The Bertz CT molecular complexity index is 677. The zero-order chi connectivity index (χ0) is 15.0. The molecule has 3 rings (SSSR count). The molecule has 0 N–H and O–H groups in total. The summed E-state index contributed by atoms with van der Waals surface area (Å²) in [5.41, 5.74) is 1.88. The minimum Gasteiger partial charge on any atom is -0.345 e. The number of hydrogen-bond acceptors (Lipinski definition) is 1. The molecule has 0 unspecified atom stereocenters. The van der Waals surface area contributed by atoms with Crippen molar-refractivity contribution in [3.8, 4) is 0 Å². The second-order valence-corrected chi connectivity index (χ2v) is 7.28. The summed E-state index contributed by atoms with van der Waals surface area (Å²) < 4.78 is 3.86. The van der Waals surface area contributed by atoms with Gasteiger partial charge in [0, 0.05) is 34.8 Å². The number of nitrogens with zero attached hydrogens (tertiary/aromatic N) is 2. The molecule has 1 saturated carbocycles. The van der Waals surface area contributed by atoms with E-state index < -0.39 is 0 Å². The molecule has 0 aliphatic heterocycles. The molecule has 2 aromatic rings. The van der Waals surface area contributed by atoms with Crippen LogP contribution >= 0.6 is 31.9 Å². The summed E-state index contributed by atoms with van der Waals surface area (Å²) in [6.07, 6.45) is 4.12. The van der Waals surface area contributed by atoms with Gasteiger partial charge >= 0.3 is 0 Å². The van der Waals surface area contributed by atoms with Crippen molar-refractivity contribution in [2.24, 2.45) is 7.05 Å². The van der Waals surface area contributed by atoms with Gasteiger partial charge in [-0.2, -0.15) is 0 Å². The van der Waals surface area contributed by atoms with Crippen LogP contribution in [0.3, 0.4) is 0 Å². The number of carbonyl (C=O) groups excluding carboxylic acids is 1. The van der Waals surface area contributed by atoms with E-state index in [-0.39, 0.29) is 5.91 Å². The Balaban J connectivity index is 1.85. The van der Waals surface area contributed by atoms with Crippen LogP contribution in [0.15, 0.2) is 45.5 Å². The maximum Gasteiger partial charge on any atom is 0.271 e. The molecule has 0 radical (unpaired) electrons. The zero-order valence-electron chi connectivity index (χ0n) is 11.7. The van der Waals surface area contributed by atoms with E-state index in [1.54, 1.807) is 0 Å².